The fourth-order valence-corrected chi connectivity index (χ4v) is 1.66. The van der Waals surface area contributed by atoms with Gasteiger partial charge in [0, 0.05) is 43.9 Å². The van der Waals surface area contributed by atoms with Gasteiger partial charge in [-0.3, -0.25) is 14.4 Å². The number of hydrogen-bond donors (Lipinski definition) is 3. The molecule has 0 unspecified atom stereocenters. The average molecular weight is 289 g/mol. The standard InChI is InChI=1S/C13H15N5O3/c19-11-2-4-14-8-10(11)17-13(21)12(20)16-3-1-6-18-7-5-15-9-18/h2,4-5,7-9H,1,3,6H2,(H,14,19)(H,16,20)(H,17,21). The molecule has 0 saturated carbocycles. The number of H-pyrrole nitrogens is 1. The predicted molar refractivity (Wildman–Crippen MR) is 75.5 cm³/mol. The summed E-state index contributed by atoms with van der Waals surface area (Å²) in [7, 11) is 0. The topological polar surface area (TPSA) is 109 Å². The summed E-state index contributed by atoms with van der Waals surface area (Å²) in [4.78, 5) is 41.1. The lowest BCUT2D eigenvalue weighted by Gasteiger charge is -2.06. The minimum atomic E-state index is -0.866. The summed E-state index contributed by atoms with van der Waals surface area (Å²) in [6.45, 7) is 1.05. The lowest BCUT2D eigenvalue weighted by Crippen LogP contribution is -2.37. The van der Waals surface area contributed by atoms with Crippen molar-refractivity contribution in [2.75, 3.05) is 11.9 Å². The summed E-state index contributed by atoms with van der Waals surface area (Å²) in [5.41, 5.74) is -0.328. The summed E-state index contributed by atoms with van der Waals surface area (Å²) < 4.78 is 1.87. The lowest BCUT2D eigenvalue weighted by molar-refractivity contribution is -0.136. The molecule has 2 aromatic rings. The predicted octanol–water partition coefficient (Wildman–Crippen LogP) is -0.284. The van der Waals surface area contributed by atoms with Crippen LogP contribution in [0.3, 0.4) is 0 Å². The van der Waals surface area contributed by atoms with Gasteiger partial charge in [-0.25, -0.2) is 4.98 Å². The zero-order chi connectivity index (χ0) is 15.1. The number of anilines is 1. The van der Waals surface area contributed by atoms with Crippen LogP contribution >= 0.6 is 0 Å². The van der Waals surface area contributed by atoms with Gasteiger partial charge >= 0.3 is 11.8 Å². The highest BCUT2D eigenvalue weighted by Crippen LogP contribution is 1.95. The number of aryl methyl sites for hydroxylation is 1. The number of nitrogens with one attached hydrogen (secondary N) is 3. The van der Waals surface area contributed by atoms with Crippen LogP contribution in [0.2, 0.25) is 0 Å². The number of hydrogen-bond acceptors (Lipinski definition) is 4. The minimum absolute atomic E-state index is 0.0380. The van der Waals surface area contributed by atoms with Crippen molar-refractivity contribution in [3.8, 4) is 0 Å². The molecule has 8 heteroatoms. The summed E-state index contributed by atoms with van der Waals surface area (Å²) in [6, 6.07) is 1.26. The summed E-state index contributed by atoms with van der Waals surface area (Å²) in [5.74, 6) is -1.64. The summed E-state index contributed by atoms with van der Waals surface area (Å²) in [6.07, 6.45) is 8.60. The first-order valence-electron chi connectivity index (χ1n) is 6.39. The summed E-state index contributed by atoms with van der Waals surface area (Å²) >= 11 is 0. The average Bonchev–Trinajstić information content (AvgIpc) is 2.99. The maximum absolute atomic E-state index is 11.6. The van der Waals surface area contributed by atoms with Crippen LogP contribution in [0.15, 0.2) is 42.0 Å². The maximum Gasteiger partial charge on any atom is 0.313 e. The van der Waals surface area contributed by atoms with Crippen LogP contribution in [0.1, 0.15) is 6.42 Å². The van der Waals surface area contributed by atoms with E-state index in [1.807, 2.05) is 10.8 Å². The van der Waals surface area contributed by atoms with E-state index < -0.39 is 11.8 Å². The number of aromatic nitrogens is 3. The van der Waals surface area contributed by atoms with Gasteiger partial charge in [0.05, 0.1) is 6.33 Å². The van der Waals surface area contributed by atoms with Crippen LogP contribution < -0.4 is 16.1 Å². The SMILES string of the molecule is O=C(NCCCn1ccnc1)C(=O)Nc1c[nH]ccc1=O. The highest BCUT2D eigenvalue weighted by molar-refractivity contribution is 6.39. The fourth-order valence-electron chi connectivity index (χ4n) is 1.66. The van der Waals surface area contributed by atoms with Gasteiger partial charge in [-0.15, -0.1) is 0 Å². The van der Waals surface area contributed by atoms with Gasteiger partial charge in [0.25, 0.3) is 0 Å². The van der Waals surface area contributed by atoms with Crippen LogP contribution in [0, 0.1) is 0 Å². The monoisotopic (exact) mass is 289 g/mol. The second-order valence-corrected chi connectivity index (χ2v) is 4.29. The number of carbonyl (C=O) groups is 2. The molecule has 2 aromatic heterocycles. The molecule has 21 heavy (non-hydrogen) atoms. The number of carbonyl (C=O) groups excluding carboxylic acids is 2. The first-order chi connectivity index (χ1) is 10.2. The summed E-state index contributed by atoms with van der Waals surface area (Å²) in [5, 5.41) is 4.74. The van der Waals surface area contributed by atoms with Gasteiger partial charge in [0.1, 0.15) is 5.69 Å². The molecule has 0 aromatic carbocycles. The van der Waals surface area contributed by atoms with Gasteiger partial charge in [0.15, 0.2) is 0 Å². The van der Waals surface area contributed by atoms with Crippen molar-refractivity contribution in [1.82, 2.24) is 19.9 Å². The van der Waals surface area contributed by atoms with Gasteiger partial charge in [-0.1, -0.05) is 0 Å². The van der Waals surface area contributed by atoms with Gasteiger partial charge in [-0.2, -0.15) is 0 Å². The van der Waals surface area contributed by atoms with Crippen molar-refractivity contribution in [3.63, 3.8) is 0 Å². The highest BCUT2D eigenvalue weighted by Gasteiger charge is 2.14. The van der Waals surface area contributed by atoms with Crippen LogP contribution in [0.4, 0.5) is 5.69 Å². The Morgan fingerprint density at radius 2 is 2.19 bits per heavy atom. The van der Waals surface area contributed by atoms with Gasteiger partial charge < -0.3 is 20.2 Å². The van der Waals surface area contributed by atoms with Crippen molar-refractivity contribution in [2.24, 2.45) is 0 Å². The van der Waals surface area contributed by atoms with Crippen molar-refractivity contribution >= 4 is 17.5 Å². The Morgan fingerprint density at radius 3 is 2.90 bits per heavy atom. The zero-order valence-electron chi connectivity index (χ0n) is 11.2. The molecule has 110 valence electrons. The molecule has 0 aliphatic rings. The van der Waals surface area contributed by atoms with E-state index in [0.29, 0.717) is 19.5 Å². The molecule has 0 radical (unpaired) electrons. The first kappa shape index (κ1) is 14.5. The molecular formula is C13H15N5O3. The van der Waals surface area contributed by atoms with Crippen LogP contribution in [0.25, 0.3) is 0 Å². The smallest absolute Gasteiger partial charge is 0.313 e. The second-order valence-electron chi connectivity index (χ2n) is 4.29. The minimum Gasteiger partial charge on any atom is -0.366 e. The number of pyridine rings is 1. The molecule has 0 bridgehead atoms. The van der Waals surface area contributed by atoms with E-state index in [-0.39, 0.29) is 11.1 Å². The van der Waals surface area contributed by atoms with E-state index in [1.54, 1.807) is 12.5 Å². The van der Waals surface area contributed by atoms with E-state index in [9.17, 15) is 14.4 Å². The number of amides is 2. The van der Waals surface area contributed by atoms with Gasteiger partial charge in [-0.05, 0) is 6.42 Å². The van der Waals surface area contributed by atoms with Crippen LogP contribution in [-0.4, -0.2) is 32.9 Å². The second kappa shape index (κ2) is 7.04. The molecular weight excluding hydrogens is 274 g/mol. The van der Waals surface area contributed by atoms with E-state index in [2.05, 4.69) is 20.6 Å². The van der Waals surface area contributed by atoms with Crippen LogP contribution in [-0.2, 0) is 16.1 Å². The van der Waals surface area contributed by atoms with E-state index in [1.165, 1.54) is 18.5 Å². The molecule has 0 fully saturated rings. The number of imidazole rings is 1. The Labute approximate surface area is 120 Å². The van der Waals surface area contributed by atoms with Gasteiger partial charge in [0.2, 0.25) is 5.43 Å². The number of aromatic amines is 1. The Hall–Kier alpha value is -2.90. The molecule has 0 saturated heterocycles. The molecule has 8 nitrogen and oxygen atoms in total. The third-order valence-corrected chi connectivity index (χ3v) is 2.72. The Kier molecular flexibility index (Phi) is 4.86. The van der Waals surface area contributed by atoms with Crippen molar-refractivity contribution in [3.05, 3.63) is 47.4 Å². The quantitative estimate of drug-likeness (QED) is 0.519. The van der Waals surface area contributed by atoms with Crippen molar-refractivity contribution in [2.45, 2.75) is 13.0 Å². The third kappa shape index (κ3) is 4.30. The van der Waals surface area contributed by atoms with E-state index >= 15 is 0 Å². The Balaban J connectivity index is 1.74. The molecule has 0 aliphatic heterocycles. The lowest BCUT2D eigenvalue weighted by atomic mass is 10.3. The normalized spacial score (nSPS) is 10.1. The van der Waals surface area contributed by atoms with E-state index in [0.717, 1.165) is 0 Å². The first-order valence-corrected chi connectivity index (χ1v) is 6.39. The fraction of sp³-hybridized carbons (Fsp3) is 0.231. The third-order valence-electron chi connectivity index (χ3n) is 2.72. The van der Waals surface area contributed by atoms with Crippen molar-refractivity contribution < 1.29 is 9.59 Å². The van der Waals surface area contributed by atoms with Crippen LogP contribution in [0.5, 0.6) is 0 Å². The molecule has 2 heterocycles. The molecule has 0 aliphatic carbocycles. The molecule has 2 amide bonds. The highest BCUT2D eigenvalue weighted by atomic mass is 16.2. The van der Waals surface area contributed by atoms with E-state index in [4.69, 9.17) is 0 Å². The number of nitrogens with zero attached hydrogens (tertiary/aromatic N) is 2. The largest absolute Gasteiger partial charge is 0.366 e. The Morgan fingerprint density at radius 1 is 1.33 bits per heavy atom. The number of rotatable bonds is 5. The molecule has 0 atom stereocenters. The Bertz CT molecular complexity index is 662. The molecule has 2 rings (SSSR count). The molecule has 0 spiro atoms. The maximum atomic E-state index is 11.6. The molecule has 3 N–H and O–H groups in total. The van der Waals surface area contributed by atoms with Crippen molar-refractivity contribution in [1.29, 1.82) is 0 Å². The zero-order valence-corrected chi connectivity index (χ0v) is 11.2.